The number of rotatable bonds is 6. The topological polar surface area (TPSA) is 21.7 Å². The number of nitrogens with zero attached hydrogens (tertiary/aromatic N) is 1. The minimum Gasteiger partial charge on any atom is -0.489 e. The third-order valence-electron chi connectivity index (χ3n) is 4.88. The highest BCUT2D eigenvalue weighted by atomic mass is 16.5. The average Bonchev–Trinajstić information content (AvgIpc) is 3.00. The minimum absolute atomic E-state index is 0.336. The van der Waals surface area contributed by atoms with Crippen molar-refractivity contribution in [1.82, 2.24) is 0 Å². The Morgan fingerprint density at radius 3 is 2.68 bits per heavy atom. The fraction of sp³-hybridized carbons (Fsp3) is 0.273. The van der Waals surface area contributed by atoms with Gasteiger partial charge in [-0.25, -0.2) is 0 Å². The lowest BCUT2D eigenvalue weighted by atomic mass is 9.94. The Kier molecular flexibility index (Phi) is 4.57. The quantitative estimate of drug-likeness (QED) is 0.781. The van der Waals surface area contributed by atoms with Crippen LogP contribution in [0.3, 0.4) is 0 Å². The van der Waals surface area contributed by atoms with E-state index in [2.05, 4.69) is 53.5 Å². The van der Waals surface area contributed by atoms with Crippen LogP contribution in [-0.2, 0) is 16.1 Å². The van der Waals surface area contributed by atoms with Crippen molar-refractivity contribution in [3.05, 3.63) is 83.6 Å². The zero-order valence-corrected chi connectivity index (χ0v) is 14.5. The molecule has 0 radical (unpaired) electrons. The first-order chi connectivity index (χ1) is 12.4. The molecule has 128 valence electrons. The molecule has 3 heteroatoms. The highest BCUT2D eigenvalue weighted by Gasteiger charge is 2.36. The minimum atomic E-state index is 0.336. The fourth-order valence-corrected chi connectivity index (χ4v) is 3.72. The molecule has 0 amide bonds. The third-order valence-corrected chi connectivity index (χ3v) is 4.88. The van der Waals surface area contributed by atoms with Gasteiger partial charge >= 0.3 is 0 Å². The summed E-state index contributed by atoms with van der Waals surface area (Å²) < 4.78 is 11.6. The van der Waals surface area contributed by atoms with E-state index in [9.17, 15) is 0 Å². The summed E-state index contributed by atoms with van der Waals surface area (Å²) in [5, 5.41) is 0. The first-order valence-corrected chi connectivity index (χ1v) is 8.81. The van der Waals surface area contributed by atoms with Gasteiger partial charge in [-0.15, -0.1) is 0 Å². The summed E-state index contributed by atoms with van der Waals surface area (Å²) in [7, 11) is 1.76. The highest BCUT2D eigenvalue weighted by molar-refractivity contribution is 5.90. The van der Waals surface area contributed by atoms with E-state index in [-0.39, 0.29) is 0 Å². The van der Waals surface area contributed by atoms with Gasteiger partial charge in [0.25, 0.3) is 0 Å². The molecule has 3 nitrogen and oxygen atoms in total. The van der Waals surface area contributed by atoms with Crippen LogP contribution in [0.15, 0.2) is 72.5 Å². The van der Waals surface area contributed by atoms with E-state index >= 15 is 0 Å². The van der Waals surface area contributed by atoms with Crippen LogP contribution in [0.25, 0.3) is 5.57 Å². The SMILES string of the molecule is COCCN1c2ccccc2C2=C(OCc3ccccc3)C=CCC21. The van der Waals surface area contributed by atoms with Gasteiger partial charge in [-0.05, 0) is 24.1 Å². The van der Waals surface area contributed by atoms with Crippen molar-refractivity contribution in [2.75, 3.05) is 25.2 Å². The Hall–Kier alpha value is -2.52. The summed E-state index contributed by atoms with van der Waals surface area (Å²) in [6.45, 7) is 2.21. The van der Waals surface area contributed by atoms with E-state index in [0.717, 1.165) is 25.3 Å². The molecule has 0 N–H and O–H groups in total. The van der Waals surface area contributed by atoms with E-state index in [1.54, 1.807) is 7.11 Å². The van der Waals surface area contributed by atoms with Crippen molar-refractivity contribution in [3.8, 4) is 0 Å². The molecule has 2 aromatic rings. The maximum atomic E-state index is 6.23. The number of ether oxygens (including phenoxy) is 2. The lowest BCUT2D eigenvalue weighted by Crippen LogP contribution is -2.35. The molecule has 0 fully saturated rings. The van der Waals surface area contributed by atoms with Crippen molar-refractivity contribution < 1.29 is 9.47 Å². The van der Waals surface area contributed by atoms with E-state index in [4.69, 9.17) is 9.47 Å². The van der Waals surface area contributed by atoms with E-state index in [0.29, 0.717) is 12.6 Å². The Labute approximate surface area is 149 Å². The smallest absolute Gasteiger partial charge is 0.125 e. The number of hydrogen-bond acceptors (Lipinski definition) is 3. The van der Waals surface area contributed by atoms with Crippen molar-refractivity contribution >= 4 is 11.3 Å². The number of hydrogen-bond donors (Lipinski definition) is 0. The van der Waals surface area contributed by atoms with Crippen LogP contribution < -0.4 is 4.90 Å². The number of anilines is 1. The molecule has 2 aliphatic rings. The summed E-state index contributed by atoms with van der Waals surface area (Å²) >= 11 is 0. The third kappa shape index (κ3) is 3.08. The summed E-state index contributed by atoms with van der Waals surface area (Å²) in [6, 6.07) is 19.3. The molecule has 1 unspecified atom stereocenters. The van der Waals surface area contributed by atoms with Gasteiger partial charge in [0.2, 0.25) is 0 Å². The van der Waals surface area contributed by atoms with Crippen LogP contribution in [0, 0.1) is 0 Å². The van der Waals surface area contributed by atoms with E-state index < -0.39 is 0 Å². The van der Waals surface area contributed by atoms with Gasteiger partial charge in [0, 0.05) is 30.5 Å². The Morgan fingerprint density at radius 2 is 1.84 bits per heavy atom. The number of benzene rings is 2. The largest absolute Gasteiger partial charge is 0.489 e. The summed E-state index contributed by atoms with van der Waals surface area (Å²) in [4.78, 5) is 2.45. The van der Waals surface area contributed by atoms with Crippen LogP contribution in [0.1, 0.15) is 17.5 Å². The standard InChI is InChI=1S/C22H23NO2/c1-24-15-14-23-19-11-6-5-10-18(19)22-20(23)12-7-13-21(22)25-16-17-8-3-2-4-9-17/h2-11,13,20H,12,14-16H2,1H3. The molecule has 1 heterocycles. The normalized spacial score (nSPS) is 18.3. The Morgan fingerprint density at radius 1 is 1.04 bits per heavy atom. The Balaban J connectivity index is 1.66. The summed E-state index contributed by atoms with van der Waals surface area (Å²) in [6.07, 6.45) is 5.36. The monoisotopic (exact) mass is 333 g/mol. The van der Waals surface area contributed by atoms with Gasteiger partial charge in [0.15, 0.2) is 0 Å². The summed E-state index contributed by atoms with van der Waals surface area (Å²) in [5.41, 5.74) is 5.07. The van der Waals surface area contributed by atoms with Crippen molar-refractivity contribution in [1.29, 1.82) is 0 Å². The van der Waals surface area contributed by atoms with E-state index in [1.165, 1.54) is 22.4 Å². The zero-order valence-electron chi connectivity index (χ0n) is 14.5. The lowest BCUT2D eigenvalue weighted by Gasteiger charge is -2.29. The van der Waals surface area contributed by atoms with Crippen LogP contribution >= 0.6 is 0 Å². The molecule has 0 saturated carbocycles. The zero-order chi connectivity index (χ0) is 17.1. The van der Waals surface area contributed by atoms with Crippen molar-refractivity contribution in [3.63, 3.8) is 0 Å². The van der Waals surface area contributed by atoms with Gasteiger partial charge in [0.05, 0.1) is 12.6 Å². The van der Waals surface area contributed by atoms with E-state index in [1.807, 2.05) is 18.2 Å². The molecule has 0 bridgehead atoms. The molecule has 0 aromatic heterocycles. The van der Waals surface area contributed by atoms with Gasteiger partial charge in [-0.2, -0.15) is 0 Å². The second-order valence-corrected chi connectivity index (χ2v) is 6.41. The first kappa shape index (κ1) is 16.0. The van der Waals surface area contributed by atoms with Crippen LogP contribution in [0.2, 0.25) is 0 Å². The predicted molar refractivity (Wildman–Crippen MR) is 101 cm³/mol. The highest BCUT2D eigenvalue weighted by Crippen LogP contribution is 2.45. The fourth-order valence-electron chi connectivity index (χ4n) is 3.72. The van der Waals surface area contributed by atoms with Crippen LogP contribution in [-0.4, -0.2) is 26.3 Å². The predicted octanol–water partition coefficient (Wildman–Crippen LogP) is 4.41. The first-order valence-electron chi connectivity index (χ1n) is 8.81. The van der Waals surface area contributed by atoms with Gasteiger partial charge in [-0.3, -0.25) is 0 Å². The molecule has 0 spiro atoms. The Bertz CT molecular complexity index is 795. The maximum Gasteiger partial charge on any atom is 0.125 e. The number of fused-ring (bicyclic) bond motifs is 3. The van der Waals surface area contributed by atoms with Crippen LogP contribution in [0.4, 0.5) is 5.69 Å². The molecule has 2 aromatic carbocycles. The molecule has 1 aliphatic carbocycles. The lowest BCUT2D eigenvalue weighted by molar-refractivity contribution is 0.203. The second-order valence-electron chi connectivity index (χ2n) is 6.41. The number of allylic oxidation sites excluding steroid dienone is 1. The number of para-hydroxylation sites is 1. The van der Waals surface area contributed by atoms with Crippen molar-refractivity contribution in [2.24, 2.45) is 0 Å². The molecule has 4 rings (SSSR count). The molecule has 1 atom stereocenters. The average molecular weight is 333 g/mol. The van der Waals surface area contributed by atoms with Crippen molar-refractivity contribution in [2.45, 2.75) is 19.1 Å². The molecule has 0 saturated heterocycles. The molecular formula is C22H23NO2. The van der Waals surface area contributed by atoms with Gasteiger partial charge in [-0.1, -0.05) is 54.6 Å². The van der Waals surface area contributed by atoms with Gasteiger partial charge in [0.1, 0.15) is 12.4 Å². The molecule has 1 aliphatic heterocycles. The number of methoxy groups -OCH3 is 1. The maximum absolute atomic E-state index is 6.23. The summed E-state index contributed by atoms with van der Waals surface area (Å²) in [5.74, 6) is 0.993. The molecule has 25 heavy (non-hydrogen) atoms. The molecular weight excluding hydrogens is 310 g/mol. The van der Waals surface area contributed by atoms with Gasteiger partial charge < -0.3 is 14.4 Å². The van der Waals surface area contributed by atoms with Crippen LogP contribution in [0.5, 0.6) is 0 Å². The second kappa shape index (κ2) is 7.16.